The maximum Gasteiger partial charge on any atom is 0.330 e. The summed E-state index contributed by atoms with van der Waals surface area (Å²) < 4.78 is 6.33. The molecule has 4 atom stereocenters. The summed E-state index contributed by atoms with van der Waals surface area (Å²) in [5, 5.41) is 32.0. The predicted octanol–water partition coefficient (Wildman–Crippen LogP) is -1.80. The number of allylic oxidation sites excluding steroid dienone is 1. The lowest BCUT2D eigenvalue weighted by atomic mass is 10.1. The van der Waals surface area contributed by atoms with Crippen molar-refractivity contribution in [3.63, 3.8) is 0 Å². The van der Waals surface area contributed by atoms with E-state index in [0.29, 0.717) is 6.54 Å². The van der Waals surface area contributed by atoms with Gasteiger partial charge in [0.1, 0.15) is 18.3 Å². The third-order valence-electron chi connectivity index (χ3n) is 3.80. The van der Waals surface area contributed by atoms with Gasteiger partial charge in [-0.25, -0.2) is 4.79 Å². The van der Waals surface area contributed by atoms with E-state index in [1.807, 2.05) is 19.9 Å². The summed E-state index contributed by atoms with van der Waals surface area (Å²) in [6.45, 7) is 4.19. The molecule has 1 fully saturated rings. The highest BCUT2D eigenvalue weighted by molar-refractivity contribution is 5.06. The molecule has 9 heteroatoms. The monoisotopic (exact) mass is 341 g/mol. The van der Waals surface area contributed by atoms with Crippen LogP contribution in [0.4, 0.5) is 0 Å². The van der Waals surface area contributed by atoms with Gasteiger partial charge in [0.15, 0.2) is 6.23 Å². The van der Waals surface area contributed by atoms with E-state index in [2.05, 4.69) is 10.3 Å². The van der Waals surface area contributed by atoms with Crippen molar-refractivity contribution in [1.82, 2.24) is 14.9 Å². The van der Waals surface area contributed by atoms with Crippen molar-refractivity contribution in [2.45, 2.75) is 44.9 Å². The zero-order valence-electron chi connectivity index (χ0n) is 13.6. The molecule has 0 amide bonds. The van der Waals surface area contributed by atoms with Crippen molar-refractivity contribution in [3.05, 3.63) is 44.2 Å². The Morgan fingerprint density at radius 1 is 1.38 bits per heavy atom. The number of rotatable bonds is 6. The molecule has 24 heavy (non-hydrogen) atoms. The summed E-state index contributed by atoms with van der Waals surface area (Å²) >= 11 is 0. The first-order valence-corrected chi connectivity index (χ1v) is 7.66. The minimum Gasteiger partial charge on any atom is -0.394 e. The molecule has 2 heterocycles. The van der Waals surface area contributed by atoms with E-state index in [1.54, 1.807) is 0 Å². The molecular formula is C15H23N3O6. The number of aromatic amines is 1. The zero-order valence-corrected chi connectivity index (χ0v) is 13.6. The van der Waals surface area contributed by atoms with Gasteiger partial charge < -0.3 is 25.4 Å². The lowest BCUT2D eigenvalue weighted by Gasteiger charge is -2.18. The van der Waals surface area contributed by atoms with E-state index in [1.165, 1.54) is 6.20 Å². The maximum atomic E-state index is 12.0. The number of aromatic nitrogens is 2. The number of H-pyrrole nitrogens is 1. The Kier molecular flexibility index (Phi) is 6.08. The Morgan fingerprint density at radius 2 is 2.08 bits per heavy atom. The van der Waals surface area contributed by atoms with E-state index in [-0.39, 0.29) is 12.1 Å². The molecular weight excluding hydrogens is 318 g/mol. The molecule has 1 aliphatic rings. The van der Waals surface area contributed by atoms with Crippen LogP contribution in [0.5, 0.6) is 0 Å². The Hall–Kier alpha value is -1.78. The lowest BCUT2D eigenvalue weighted by molar-refractivity contribution is -0.0551. The quantitative estimate of drug-likeness (QED) is 0.304. The number of hydrogen-bond donors (Lipinski definition) is 5. The molecule has 9 nitrogen and oxygen atoms in total. The van der Waals surface area contributed by atoms with Crippen molar-refractivity contribution in [2.24, 2.45) is 0 Å². The third kappa shape index (κ3) is 4.00. The summed E-state index contributed by atoms with van der Waals surface area (Å²) in [6.07, 6.45) is -1.65. The molecule has 0 aromatic carbocycles. The van der Waals surface area contributed by atoms with Gasteiger partial charge in [0.25, 0.3) is 5.56 Å². The summed E-state index contributed by atoms with van der Waals surface area (Å²) in [4.78, 5) is 26.0. The molecule has 1 unspecified atom stereocenters. The fourth-order valence-electron chi connectivity index (χ4n) is 2.44. The van der Waals surface area contributed by atoms with Crippen LogP contribution < -0.4 is 16.6 Å². The van der Waals surface area contributed by atoms with Crippen LogP contribution in [0, 0.1) is 0 Å². The van der Waals surface area contributed by atoms with Crippen LogP contribution in [0.15, 0.2) is 27.4 Å². The number of nitrogens with zero attached hydrogens (tertiary/aromatic N) is 1. The van der Waals surface area contributed by atoms with Gasteiger partial charge in [-0.05, 0) is 13.8 Å². The van der Waals surface area contributed by atoms with Crippen molar-refractivity contribution < 1.29 is 20.1 Å². The van der Waals surface area contributed by atoms with E-state index in [4.69, 9.17) is 9.84 Å². The molecule has 0 spiro atoms. The van der Waals surface area contributed by atoms with Gasteiger partial charge in [-0.3, -0.25) is 14.3 Å². The van der Waals surface area contributed by atoms with Crippen molar-refractivity contribution >= 4 is 0 Å². The number of aliphatic hydroxyl groups is 3. The average molecular weight is 341 g/mol. The van der Waals surface area contributed by atoms with Crippen molar-refractivity contribution in [2.75, 3.05) is 13.2 Å². The summed E-state index contributed by atoms with van der Waals surface area (Å²) in [5.74, 6) is 0. The third-order valence-corrected chi connectivity index (χ3v) is 3.80. The second-order valence-corrected chi connectivity index (χ2v) is 5.96. The molecule has 0 radical (unpaired) electrons. The van der Waals surface area contributed by atoms with E-state index in [0.717, 1.165) is 10.1 Å². The van der Waals surface area contributed by atoms with E-state index in [9.17, 15) is 19.8 Å². The molecule has 1 aromatic heterocycles. The fourth-order valence-corrected chi connectivity index (χ4v) is 2.44. The average Bonchev–Trinajstić information content (AvgIpc) is 2.81. The fraction of sp³-hybridized carbons (Fsp3) is 0.600. The van der Waals surface area contributed by atoms with Gasteiger partial charge in [0, 0.05) is 24.8 Å². The Balaban J connectivity index is 2.22. The van der Waals surface area contributed by atoms with Crippen LogP contribution in [0.1, 0.15) is 25.6 Å². The molecule has 5 N–H and O–H groups in total. The highest BCUT2D eigenvalue weighted by atomic mass is 16.6. The first kappa shape index (κ1) is 18.6. The smallest absolute Gasteiger partial charge is 0.330 e. The molecule has 1 aromatic rings. The van der Waals surface area contributed by atoms with Crippen LogP contribution in [-0.2, 0) is 11.3 Å². The minimum absolute atomic E-state index is 0.216. The summed E-state index contributed by atoms with van der Waals surface area (Å²) in [7, 11) is 0. The van der Waals surface area contributed by atoms with Crippen LogP contribution >= 0.6 is 0 Å². The van der Waals surface area contributed by atoms with Gasteiger partial charge in [-0.15, -0.1) is 0 Å². The first-order valence-electron chi connectivity index (χ1n) is 7.66. The predicted molar refractivity (Wildman–Crippen MR) is 85.5 cm³/mol. The maximum absolute atomic E-state index is 12.0. The normalized spacial score (nSPS) is 26.5. The lowest BCUT2D eigenvalue weighted by Crippen LogP contribution is -2.39. The second-order valence-electron chi connectivity index (χ2n) is 5.96. The molecule has 2 rings (SSSR count). The highest BCUT2D eigenvalue weighted by Crippen LogP contribution is 2.27. The Bertz CT molecular complexity index is 706. The van der Waals surface area contributed by atoms with Gasteiger partial charge in [-0.2, -0.15) is 0 Å². The number of hydrogen-bond acceptors (Lipinski definition) is 7. The molecule has 1 aliphatic heterocycles. The van der Waals surface area contributed by atoms with Crippen LogP contribution in [0.2, 0.25) is 0 Å². The molecule has 1 saturated heterocycles. The second kappa shape index (κ2) is 7.86. The van der Waals surface area contributed by atoms with Crippen LogP contribution in [0.25, 0.3) is 0 Å². The molecule has 0 aliphatic carbocycles. The first-order chi connectivity index (χ1) is 11.3. The van der Waals surface area contributed by atoms with Crippen molar-refractivity contribution in [3.8, 4) is 0 Å². The standard InChI is InChI=1S/C15H23N3O6/c1-8(2)3-4-16-5-9-6-18(15(23)17-13(9)22)14-12(21)11(20)10(7-19)24-14/h3,6,10-12,14,16,19-21H,4-5,7H2,1-2H3,(H,17,22,23)/t10-,11+,12?,14-/m1/s1. The van der Waals surface area contributed by atoms with E-state index >= 15 is 0 Å². The number of nitrogens with one attached hydrogen (secondary N) is 2. The Labute approximate surface area is 138 Å². The SMILES string of the molecule is CC(C)=CCNCc1cn([C@@H]2O[C@H](CO)[C@H](O)C2O)c(=O)[nH]c1=O. The molecule has 134 valence electrons. The molecule has 0 bridgehead atoms. The topological polar surface area (TPSA) is 137 Å². The van der Waals surface area contributed by atoms with Gasteiger partial charge in [0.05, 0.1) is 6.61 Å². The van der Waals surface area contributed by atoms with E-state index < -0.39 is 42.4 Å². The van der Waals surface area contributed by atoms with Gasteiger partial charge >= 0.3 is 5.69 Å². The summed E-state index contributed by atoms with van der Waals surface area (Å²) in [6, 6.07) is 0. The van der Waals surface area contributed by atoms with Crippen LogP contribution in [0.3, 0.4) is 0 Å². The highest BCUT2D eigenvalue weighted by Gasteiger charge is 2.43. The van der Waals surface area contributed by atoms with Crippen LogP contribution in [-0.4, -0.2) is 56.3 Å². The number of aliphatic hydroxyl groups excluding tert-OH is 3. The minimum atomic E-state index is -1.39. The zero-order chi connectivity index (χ0) is 17.9. The van der Waals surface area contributed by atoms with Gasteiger partial charge in [-0.1, -0.05) is 11.6 Å². The Morgan fingerprint density at radius 3 is 2.67 bits per heavy atom. The largest absolute Gasteiger partial charge is 0.394 e. The number of ether oxygens (including phenoxy) is 1. The van der Waals surface area contributed by atoms with Gasteiger partial charge in [0.2, 0.25) is 0 Å². The summed E-state index contributed by atoms with van der Waals surface area (Å²) in [5.41, 5.74) is 0.123. The molecule has 0 saturated carbocycles. The van der Waals surface area contributed by atoms with Crippen molar-refractivity contribution in [1.29, 1.82) is 0 Å².